The fourth-order valence-corrected chi connectivity index (χ4v) is 1.80. The predicted octanol–water partition coefficient (Wildman–Crippen LogP) is -1.83. The number of aromatic hydroxyl groups is 1. The second-order valence-electron chi connectivity index (χ2n) is 3.86. The van der Waals surface area contributed by atoms with Crippen LogP contribution >= 0.6 is 0 Å². The van der Waals surface area contributed by atoms with Crippen LogP contribution in [-0.2, 0) is 4.74 Å². The molecule has 1 aliphatic rings. The number of nitrogens with zero attached hydrogens (tertiary/aromatic N) is 1. The summed E-state index contributed by atoms with van der Waals surface area (Å²) in [5.74, 6) is -0.196. The smallest absolute Gasteiger partial charge is 0.256 e. The van der Waals surface area contributed by atoms with Gasteiger partial charge in [0.25, 0.3) is 5.56 Å². The highest BCUT2D eigenvalue weighted by atomic mass is 16.6. The lowest BCUT2D eigenvalue weighted by atomic mass is 10.1. The average molecular weight is 243 g/mol. The van der Waals surface area contributed by atoms with E-state index in [4.69, 9.17) is 14.9 Å². The molecule has 1 saturated heterocycles. The Hall–Kier alpha value is -1.41. The number of aliphatic hydroxyl groups is 3. The molecule has 0 spiro atoms. The first-order chi connectivity index (χ1) is 8.04. The van der Waals surface area contributed by atoms with Crippen LogP contribution in [0.2, 0.25) is 0 Å². The molecule has 2 rings (SSSR count). The number of aliphatic hydroxyl groups excluding tert-OH is 3. The van der Waals surface area contributed by atoms with Crippen molar-refractivity contribution in [2.24, 2.45) is 0 Å². The van der Waals surface area contributed by atoms with Gasteiger partial charge in [0.15, 0.2) is 6.23 Å². The highest BCUT2D eigenvalue weighted by molar-refractivity contribution is 5.16. The van der Waals surface area contributed by atoms with Crippen molar-refractivity contribution in [1.82, 2.24) is 4.57 Å². The van der Waals surface area contributed by atoms with Crippen molar-refractivity contribution in [3.05, 3.63) is 28.7 Å². The maximum Gasteiger partial charge on any atom is 0.256 e. The van der Waals surface area contributed by atoms with Crippen molar-refractivity contribution in [2.75, 3.05) is 6.61 Å². The van der Waals surface area contributed by atoms with Crippen LogP contribution in [0.5, 0.6) is 5.75 Å². The summed E-state index contributed by atoms with van der Waals surface area (Å²) in [6, 6.07) is 2.23. The number of aromatic nitrogens is 1. The summed E-state index contributed by atoms with van der Waals surface area (Å²) < 4.78 is 6.22. The van der Waals surface area contributed by atoms with Crippen LogP contribution in [0.4, 0.5) is 0 Å². The van der Waals surface area contributed by atoms with E-state index in [1.54, 1.807) is 0 Å². The third-order valence-corrected chi connectivity index (χ3v) is 2.72. The highest BCUT2D eigenvalue weighted by Gasteiger charge is 2.43. The van der Waals surface area contributed by atoms with E-state index >= 15 is 0 Å². The maximum atomic E-state index is 11.5. The minimum absolute atomic E-state index is 0.196. The van der Waals surface area contributed by atoms with E-state index in [9.17, 15) is 15.0 Å². The Balaban J connectivity index is 2.32. The lowest BCUT2D eigenvalue weighted by molar-refractivity contribution is -0.0544. The van der Waals surface area contributed by atoms with Gasteiger partial charge in [0.1, 0.15) is 24.1 Å². The Morgan fingerprint density at radius 1 is 1.35 bits per heavy atom. The summed E-state index contributed by atoms with van der Waals surface area (Å²) in [4.78, 5) is 11.5. The molecular weight excluding hydrogens is 230 g/mol. The summed E-state index contributed by atoms with van der Waals surface area (Å²) >= 11 is 0. The van der Waals surface area contributed by atoms with Crippen LogP contribution in [0.25, 0.3) is 0 Å². The first-order valence-corrected chi connectivity index (χ1v) is 5.08. The van der Waals surface area contributed by atoms with Gasteiger partial charge in [0, 0.05) is 12.3 Å². The monoisotopic (exact) mass is 243 g/mol. The second-order valence-corrected chi connectivity index (χ2v) is 3.86. The molecule has 0 aliphatic carbocycles. The fraction of sp³-hybridized carbons (Fsp3) is 0.500. The van der Waals surface area contributed by atoms with Crippen molar-refractivity contribution >= 4 is 0 Å². The molecule has 0 saturated carbocycles. The minimum atomic E-state index is -1.31. The summed E-state index contributed by atoms with van der Waals surface area (Å²) in [6.07, 6.45) is -3.33. The van der Waals surface area contributed by atoms with E-state index < -0.39 is 36.7 Å². The topological polar surface area (TPSA) is 112 Å². The van der Waals surface area contributed by atoms with Crippen molar-refractivity contribution in [3.8, 4) is 5.75 Å². The van der Waals surface area contributed by atoms with Gasteiger partial charge in [0.05, 0.1) is 6.61 Å². The standard InChI is InChI=1S/C10H13NO6/c12-4-6-8(15)9(16)10(17-6)11-2-1-5(13)3-7(11)14/h1-3,6,8-10,12-13,15-16H,4H2/t6-,8+,9?,10-/m1/s1. The molecule has 0 bridgehead atoms. The lowest BCUT2D eigenvalue weighted by Crippen LogP contribution is -2.35. The van der Waals surface area contributed by atoms with Gasteiger partial charge in [-0.25, -0.2) is 0 Å². The molecule has 7 nitrogen and oxygen atoms in total. The number of ether oxygens (including phenoxy) is 1. The van der Waals surface area contributed by atoms with Crippen LogP contribution in [0.15, 0.2) is 23.1 Å². The van der Waals surface area contributed by atoms with E-state index in [0.29, 0.717) is 0 Å². The van der Waals surface area contributed by atoms with Crippen molar-refractivity contribution in [3.63, 3.8) is 0 Å². The molecule has 1 aromatic rings. The molecule has 94 valence electrons. The van der Waals surface area contributed by atoms with Gasteiger partial charge >= 0.3 is 0 Å². The SMILES string of the molecule is O=c1cc(O)ccn1[C@@H]1O[C@H](CO)[C@H](O)C1O. The molecule has 0 radical (unpaired) electrons. The molecule has 0 aromatic carbocycles. The van der Waals surface area contributed by atoms with Crippen LogP contribution < -0.4 is 5.56 Å². The highest BCUT2D eigenvalue weighted by Crippen LogP contribution is 2.28. The van der Waals surface area contributed by atoms with Crippen LogP contribution in [0.1, 0.15) is 6.23 Å². The molecule has 7 heteroatoms. The Bertz CT molecular complexity index is 458. The first-order valence-electron chi connectivity index (χ1n) is 5.08. The summed E-state index contributed by atoms with van der Waals surface area (Å²) in [7, 11) is 0. The normalized spacial score (nSPS) is 32.9. The van der Waals surface area contributed by atoms with E-state index in [0.717, 1.165) is 10.6 Å². The number of hydrogen-bond donors (Lipinski definition) is 4. The zero-order valence-corrected chi connectivity index (χ0v) is 8.80. The largest absolute Gasteiger partial charge is 0.508 e. The van der Waals surface area contributed by atoms with Gasteiger partial charge in [0.2, 0.25) is 0 Å². The molecule has 2 heterocycles. The van der Waals surface area contributed by atoms with E-state index in [1.165, 1.54) is 12.3 Å². The van der Waals surface area contributed by atoms with Gasteiger partial charge in [-0.05, 0) is 6.07 Å². The molecule has 1 aromatic heterocycles. The van der Waals surface area contributed by atoms with Crippen molar-refractivity contribution in [2.45, 2.75) is 24.5 Å². The van der Waals surface area contributed by atoms with Crippen LogP contribution in [0, 0.1) is 0 Å². The third kappa shape index (κ3) is 2.05. The van der Waals surface area contributed by atoms with E-state index in [-0.39, 0.29) is 5.75 Å². The number of rotatable bonds is 2. The molecule has 1 aliphatic heterocycles. The van der Waals surface area contributed by atoms with Gasteiger partial charge in [-0.3, -0.25) is 9.36 Å². The zero-order valence-electron chi connectivity index (χ0n) is 8.80. The Morgan fingerprint density at radius 3 is 2.59 bits per heavy atom. The van der Waals surface area contributed by atoms with Crippen molar-refractivity contribution < 1.29 is 25.2 Å². The average Bonchev–Trinajstić information content (AvgIpc) is 2.57. The Kier molecular flexibility index (Phi) is 3.16. The van der Waals surface area contributed by atoms with E-state index in [1.807, 2.05) is 0 Å². The molecule has 0 amide bonds. The number of hydrogen-bond acceptors (Lipinski definition) is 6. The number of pyridine rings is 1. The Labute approximate surface area is 96.1 Å². The molecule has 4 N–H and O–H groups in total. The molecule has 1 fully saturated rings. The fourth-order valence-electron chi connectivity index (χ4n) is 1.80. The summed E-state index contributed by atoms with van der Waals surface area (Å²) in [5.41, 5.74) is -0.570. The maximum absolute atomic E-state index is 11.5. The molecule has 1 unspecified atom stereocenters. The molecule has 4 atom stereocenters. The van der Waals surface area contributed by atoms with Crippen LogP contribution in [-0.4, -0.2) is 49.9 Å². The third-order valence-electron chi connectivity index (χ3n) is 2.72. The van der Waals surface area contributed by atoms with Gasteiger partial charge < -0.3 is 25.2 Å². The van der Waals surface area contributed by atoms with Gasteiger partial charge in [-0.1, -0.05) is 0 Å². The van der Waals surface area contributed by atoms with Gasteiger partial charge in [-0.2, -0.15) is 0 Å². The quantitative estimate of drug-likeness (QED) is 0.486. The van der Waals surface area contributed by atoms with Crippen molar-refractivity contribution in [1.29, 1.82) is 0 Å². The van der Waals surface area contributed by atoms with Crippen LogP contribution in [0.3, 0.4) is 0 Å². The summed E-state index contributed by atoms with van der Waals surface area (Å²) in [6.45, 7) is -0.457. The van der Waals surface area contributed by atoms with E-state index in [2.05, 4.69) is 0 Å². The predicted molar refractivity (Wildman–Crippen MR) is 55.4 cm³/mol. The first kappa shape index (κ1) is 12.1. The molecule has 17 heavy (non-hydrogen) atoms. The summed E-state index contributed by atoms with van der Waals surface area (Å²) in [5, 5.41) is 37.2. The second kappa shape index (κ2) is 4.46. The minimum Gasteiger partial charge on any atom is -0.508 e. The Morgan fingerprint density at radius 2 is 2.06 bits per heavy atom. The van der Waals surface area contributed by atoms with Gasteiger partial charge in [-0.15, -0.1) is 0 Å². The molecular formula is C10H13NO6. The zero-order chi connectivity index (χ0) is 12.6. The lowest BCUT2D eigenvalue weighted by Gasteiger charge is -2.17.